The Morgan fingerprint density at radius 1 is 1.22 bits per heavy atom. The Morgan fingerprint density at radius 3 is 2.89 bits per heavy atom. The average Bonchev–Trinajstić information content (AvgIpc) is 3.10. The van der Waals surface area contributed by atoms with E-state index in [2.05, 4.69) is 10.6 Å². The van der Waals surface area contributed by atoms with Crippen LogP contribution < -0.4 is 20.3 Å². The molecule has 2 N–H and O–H groups in total. The lowest BCUT2D eigenvalue weighted by molar-refractivity contribution is -0.119. The van der Waals surface area contributed by atoms with Crippen molar-refractivity contribution in [3.05, 3.63) is 47.5 Å². The van der Waals surface area contributed by atoms with Crippen LogP contribution in [0.4, 0.5) is 17.1 Å². The number of hydrogen-bond donors (Lipinski definition) is 2. The number of fused-ring (bicyclic) bond motifs is 2. The third kappa shape index (κ3) is 3.23. The second-order valence-corrected chi connectivity index (χ2v) is 6.49. The van der Waals surface area contributed by atoms with Gasteiger partial charge in [0.05, 0.1) is 5.69 Å². The van der Waals surface area contributed by atoms with Crippen LogP contribution in [0.2, 0.25) is 0 Å². The number of amides is 3. The van der Waals surface area contributed by atoms with Crippen LogP contribution in [0.5, 0.6) is 5.75 Å². The van der Waals surface area contributed by atoms with Crippen molar-refractivity contribution in [1.82, 2.24) is 0 Å². The van der Waals surface area contributed by atoms with Crippen LogP contribution in [0.15, 0.2) is 36.4 Å². The number of nitrogens with one attached hydrogen (secondary N) is 2. The molecule has 138 valence electrons. The van der Waals surface area contributed by atoms with Crippen LogP contribution in [0.1, 0.15) is 29.3 Å². The lowest BCUT2D eigenvalue weighted by Gasteiger charge is -2.19. The molecule has 2 heterocycles. The molecule has 0 spiro atoms. The molecule has 0 fully saturated rings. The van der Waals surface area contributed by atoms with Crippen molar-refractivity contribution < 1.29 is 19.1 Å². The summed E-state index contributed by atoms with van der Waals surface area (Å²) in [5, 5.41) is 5.55. The van der Waals surface area contributed by atoms with Crippen molar-refractivity contribution in [2.45, 2.75) is 19.8 Å². The molecule has 0 atom stereocenters. The standard InChI is InChI=1S/C20H19N3O4/c1-2-19(25)23-8-7-12-9-13(3-5-16(12)23)20(26)21-14-4-6-17-15(10-14)22-18(24)11-27-17/h3-6,9-10H,2,7-8,11H2,1H3,(H,21,26)(H,22,24). The van der Waals surface area contributed by atoms with Crippen molar-refractivity contribution in [3.63, 3.8) is 0 Å². The second-order valence-electron chi connectivity index (χ2n) is 6.49. The molecule has 0 aliphatic carbocycles. The third-order valence-corrected chi connectivity index (χ3v) is 4.71. The minimum Gasteiger partial charge on any atom is -0.482 e. The third-order valence-electron chi connectivity index (χ3n) is 4.71. The Balaban J connectivity index is 1.52. The van der Waals surface area contributed by atoms with Gasteiger partial charge in [0.25, 0.3) is 11.8 Å². The highest BCUT2D eigenvalue weighted by molar-refractivity contribution is 6.06. The van der Waals surface area contributed by atoms with E-state index in [1.807, 2.05) is 19.1 Å². The highest BCUT2D eigenvalue weighted by Gasteiger charge is 2.24. The molecule has 2 aliphatic heterocycles. The van der Waals surface area contributed by atoms with E-state index in [0.717, 1.165) is 17.7 Å². The van der Waals surface area contributed by atoms with E-state index in [-0.39, 0.29) is 24.3 Å². The summed E-state index contributed by atoms with van der Waals surface area (Å²) in [6.45, 7) is 2.48. The van der Waals surface area contributed by atoms with Crippen molar-refractivity contribution in [3.8, 4) is 5.75 Å². The van der Waals surface area contributed by atoms with Crippen molar-refractivity contribution in [2.24, 2.45) is 0 Å². The molecule has 0 bridgehead atoms. The van der Waals surface area contributed by atoms with Gasteiger partial charge in [-0.1, -0.05) is 6.92 Å². The molecule has 7 nitrogen and oxygen atoms in total. The Kier molecular flexibility index (Phi) is 4.27. The fraction of sp³-hybridized carbons (Fsp3) is 0.250. The van der Waals surface area contributed by atoms with E-state index in [0.29, 0.717) is 35.7 Å². The predicted octanol–water partition coefficient (Wildman–Crippen LogP) is 2.57. The Morgan fingerprint density at radius 2 is 2.07 bits per heavy atom. The zero-order valence-corrected chi connectivity index (χ0v) is 14.9. The highest BCUT2D eigenvalue weighted by atomic mass is 16.5. The average molecular weight is 365 g/mol. The topological polar surface area (TPSA) is 87.7 Å². The predicted molar refractivity (Wildman–Crippen MR) is 101 cm³/mol. The second kappa shape index (κ2) is 6.75. The van der Waals surface area contributed by atoms with Gasteiger partial charge in [-0.2, -0.15) is 0 Å². The fourth-order valence-corrected chi connectivity index (χ4v) is 3.36. The van der Waals surface area contributed by atoms with Gasteiger partial charge in [-0.25, -0.2) is 0 Å². The first-order valence-electron chi connectivity index (χ1n) is 8.86. The number of hydrogen-bond acceptors (Lipinski definition) is 4. The van der Waals surface area contributed by atoms with Crippen LogP contribution in [0.25, 0.3) is 0 Å². The first-order chi connectivity index (χ1) is 13.0. The van der Waals surface area contributed by atoms with Gasteiger partial charge in [0, 0.05) is 29.9 Å². The van der Waals surface area contributed by atoms with E-state index in [9.17, 15) is 14.4 Å². The lowest BCUT2D eigenvalue weighted by atomic mass is 10.1. The number of ether oxygens (including phenoxy) is 1. The van der Waals surface area contributed by atoms with Crippen LogP contribution in [-0.4, -0.2) is 30.9 Å². The maximum Gasteiger partial charge on any atom is 0.262 e. The van der Waals surface area contributed by atoms with Crippen LogP contribution in [-0.2, 0) is 16.0 Å². The summed E-state index contributed by atoms with van der Waals surface area (Å²) in [5.41, 5.74) is 3.50. The quantitative estimate of drug-likeness (QED) is 0.875. The van der Waals surface area contributed by atoms with Gasteiger partial charge in [0.15, 0.2) is 6.61 Å². The monoisotopic (exact) mass is 365 g/mol. The largest absolute Gasteiger partial charge is 0.482 e. The number of nitrogens with zero attached hydrogens (tertiary/aromatic N) is 1. The van der Waals surface area contributed by atoms with Crippen LogP contribution >= 0.6 is 0 Å². The summed E-state index contributed by atoms with van der Waals surface area (Å²) >= 11 is 0. The molecule has 0 saturated carbocycles. The number of carbonyl (C=O) groups excluding carboxylic acids is 3. The summed E-state index contributed by atoms with van der Waals surface area (Å²) in [6.07, 6.45) is 1.20. The van der Waals surface area contributed by atoms with Gasteiger partial charge in [0.1, 0.15) is 5.75 Å². The molecule has 0 radical (unpaired) electrons. The summed E-state index contributed by atoms with van der Waals surface area (Å²) in [4.78, 5) is 37.8. The molecule has 2 aromatic rings. The molecular weight excluding hydrogens is 346 g/mol. The molecular formula is C20H19N3O4. The minimum atomic E-state index is -0.249. The highest BCUT2D eigenvalue weighted by Crippen LogP contribution is 2.32. The van der Waals surface area contributed by atoms with Gasteiger partial charge < -0.3 is 20.3 Å². The minimum absolute atomic E-state index is 0.00855. The number of carbonyl (C=O) groups is 3. The SMILES string of the molecule is CCC(=O)N1CCc2cc(C(=O)Nc3ccc4c(c3)NC(=O)CO4)ccc21. The lowest BCUT2D eigenvalue weighted by Crippen LogP contribution is -2.27. The van der Waals surface area contributed by atoms with Gasteiger partial charge in [-0.3, -0.25) is 14.4 Å². The van der Waals surface area contributed by atoms with Gasteiger partial charge in [-0.15, -0.1) is 0 Å². The summed E-state index contributed by atoms with van der Waals surface area (Å²) in [5.74, 6) is 0.187. The van der Waals surface area contributed by atoms with Gasteiger partial charge in [-0.05, 0) is 48.4 Å². The van der Waals surface area contributed by atoms with Crippen LogP contribution in [0, 0.1) is 0 Å². The molecule has 0 unspecified atom stereocenters. The van der Waals surface area contributed by atoms with Crippen molar-refractivity contribution in [1.29, 1.82) is 0 Å². The Hall–Kier alpha value is -3.35. The van der Waals surface area contributed by atoms with Crippen molar-refractivity contribution >= 4 is 34.8 Å². The summed E-state index contributed by atoms with van der Waals surface area (Å²) < 4.78 is 5.31. The zero-order valence-electron chi connectivity index (χ0n) is 14.9. The fourth-order valence-electron chi connectivity index (χ4n) is 3.36. The number of rotatable bonds is 3. The molecule has 2 aliphatic rings. The summed E-state index contributed by atoms with van der Waals surface area (Å²) in [6, 6.07) is 10.5. The first-order valence-corrected chi connectivity index (χ1v) is 8.86. The van der Waals surface area contributed by atoms with E-state index < -0.39 is 0 Å². The number of benzene rings is 2. The molecule has 4 rings (SSSR count). The van der Waals surface area contributed by atoms with E-state index in [1.165, 1.54) is 0 Å². The molecule has 0 saturated heterocycles. The number of anilines is 3. The normalized spacial score (nSPS) is 14.7. The maximum atomic E-state index is 12.6. The van der Waals surface area contributed by atoms with Gasteiger partial charge >= 0.3 is 0 Å². The molecule has 3 amide bonds. The maximum absolute atomic E-state index is 12.6. The zero-order chi connectivity index (χ0) is 19.0. The Bertz CT molecular complexity index is 954. The summed E-state index contributed by atoms with van der Waals surface area (Å²) in [7, 11) is 0. The molecule has 27 heavy (non-hydrogen) atoms. The van der Waals surface area contributed by atoms with Crippen LogP contribution in [0.3, 0.4) is 0 Å². The Labute approximate surface area is 156 Å². The molecule has 7 heteroatoms. The first kappa shape index (κ1) is 17.1. The smallest absolute Gasteiger partial charge is 0.262 e. The van der Waals surface area contributed by atoms with E-state index in [4.69, 9.17) is 4.74 Å². The van der Waals surface area contributed by atoms with Gasteiger partial charge in [0.2, 0.25) is 5.91 Å². The molecule has 0 aromatic heterocycles. The molecule has 2 aromatic carbocycles. The van der Waals surface area contributed by atoms with Crippen molar-refractivity contribution in [2.75, 3.05) is 28.7 Å². The van der Waals surface area contributed by atoms with E-state index in [1.54, 1.807) is 29.2 Å². The van der Waals surface area contributed by atoms with E-state index >= 15 is 0 Å².